The highest BCUT2D eigenvalue weighted by Gasteiger charge is 2.36. The minimum atomic E-state index is -0.350. The van der Waals surface area contributed by atoms with Gasteiger partial charge in [0.25, 0.3) is 11.1 Å². The molecule has 0 spiro atoms. The molecular formula is C22H27N3O5S. The first-order valence-electron chi connectivity index (χ1n) is 10.6. The van der Waals surface area contributed by atoms with Gasteiger partial charge >= 0.3 is 0 Å². The van der Waals surface area contributed by atoms with Crippen LogP contribution in [0.4, 0.5) is 4.79 Å². The van der Waals surface area contributed by atoms with E-state index in [1.807, 2.05) is 13.0 Å². The van der Waals surface area contributed by atoms with Gasteiger partial charge in [-0.05, 0) is 69.1 Å². The van der Waals surface area contributed by atoms with Crippen LogP contribution >= 0.6 is 11.8 Å². The Balaban J connectivity index is 1.33. The van der Waals surface area contributed by atoms with E-state index in [-0.39, 0.29) is 43.0 Å². The van der Waals surface area contributed by atoms with E-state index in [2.05, 4.69) is 24.1 Å². The molecule has 2 fully saturated rings. The summed E-state index contributed by atoms with van der Waals surface area (Å²) in [6.45, 7) is 6.74. The number of nitrogens with zero attached hydrogens (tertiary/aromatic N) is 2. The van der Waals surface area contributed by atoms with Gasteiger partial charge in [0.2, 0.25) is 12.7 Å². The molecule has 0 saturated carbocycles. The number of imide groups is 1. The number of nitrogens with one attached hydrogen (secondary N) is 1. The molecule has 0 bridgehead atoms. The molecule has 31 heavy (non-hydrogen) atoms. The fourth-order valence-electron chi connectivity index (χ4n) is 4.40. The van der Waals surface area contributed by atoms with E-state index in [0.717, 1.165) is 30.2 Å². The van der Waals surface area contributed by atoms with Gasteiger partial charge in [0, 0.05) is 25.2 Å². The minimum absolute atomic E-state index is 0.0801. The monoisotopic (exact) mass is 445 g/mol. The molecule has 3 aliphatic heterocycles. The predicted molar refractivity (Wildman–Crippen MR) is 118 cm³/mol. The van der Waals surface area contributed by atoms with Crippen LogP contribution < -0.4 is 14.8 Å². The van der Waals surface area contributed by atoms with Crippen LogP contribution in [0, 0.1) is 0 Å². The van der Waals surface area contributed by atoms with Crippen molar-refractivity contribution >= 4 is 34.9 Å². The van der Waals surface area contributed by atoms with Crippen LogP contribution in [0.3, 0.4) is 0 Å². The second-order valence-corrected chi connectivity index (χ2v) is 9.13. The zero-order chi connectivity index (χ0) is 22.1. The van der Waals surface area contributed by atoms with Crippen LogP contribution in [0.2, 0.25) is 0 Å². The summed E-state index contributed by atoms with van der Waals surface area (Å²) < 4.78 is 10.6. The Labute approximate surface area is 185 Å². The summed E-state index contributed by atoms with van der Waals surface area (Å²) in [7, 11) is 0. The summed E-state index contributed by atoms with van der Waals surface area (Å²) in [4.78, 5) is 41.4. The highest BCUT2D eigenvalue weighted by atomic mass is 32.2. The van der Waals surface area contributed by atoms with Gasteiger partial charge in [0.05, 0.1) is 10.9 Å². The number of amides is 3. The molecule has 0 aromatic heterocycles. The molecule has 166 valence electrons. The van der Waals surface area contributed by atoms with Crippen molar-refractivity contribution in [2.24, 2.45) is 0 Å². The Morgan fingerprint density at radius 2 is 1.94 bits per heavy atom. The highest BCUT2D eigenvalue weighted by Crippen LogP contribution is 2.36. The zero-order valence-electron chi connectivity index (χ0n) is 17.9. The van der Waals surface area contributed by atoms with E-state index in [0.29, 0.717) is 28.5 Å². The van der Waals surface area contributed by atoms with Gasteiger partial charge in [-0.1, -0.05) is 6.07 Å². The van der Waals surface area contributed by atoms with Gasteiger partial charge in [0.1, 0.15) is 0 Å². The summed E-state index contributed by atoms with van der Waals surface area (Å²) in [5.41, 5.74) is 0.755. The summed E-state index contributed by atoms with van der Waals surface area (Å²) >= 11 is 0.902. The third-order valence-electron chi connectivity index (χ3n) is 6.05. The van der Waals surface area contributed by atoms with Crippen molar-refractivity contribution in [1.82, 2.24) is 15.1 Å². The van der Waals surface area contributed by atoms with Gasteiger partial charge in [-0.3, -0.25) is 24.2 Å². The van der Waals surface area contributed by atoms with Crippen LogP contribution in [0.5, 0.6) is 11.5 Å². The van der Waals surface area contributed by atoms with Crippen molar-refractivity contribution < 1.29 is 23.9 Å². The number of likely N-dealkylation sites (tertiary alicyclic amines) is 1. The van der Waals surface area contributed by atoms with Gasteiger partial charge in [-0.2, -0.15) is 0 Å². The van der Waals surface area contributed by atoms with E-state index in [1.165, 1.54) is 4.90 Å². The molecule has 1 N–H and O–H groups in total. The Bertz CT molecular complexity index is 924. The maximum Gasteiger partial charge on any atom is 0.293 e. The lowest BCUT2D eigenvalue weighted by Gasteiger charge is -2.31. The molecule has 0 unspecified atom stereocenters. The number of hydrogen-bond donors (Lipinski definition) is 1. The number of ether oxygens (including phenoxy) is 2. The van der Waals surface area contributed by atoms with Crippen LogP contribution in [-0.4, -0.2) is 64.9 Å². The smallest absolute Gasteiger partial charge is 0.293 e. The fraction of sp³-hybridized carbons (Fsp3) is 0.500. The summed E-state index contributed by atoms with van der Waals surface area (Å²) in [5.74, 6) is 0.847. The van der Waals surface area contributed by atoms with Crippen LogP contribution in [-0.2, 0) is 9.59 Å². The topological polar surface area (TPSA) is 88.2 Å². The fourth-order valence-corrected chi connectivity index (χ4v) is 5.26. The van der Waals surface area contributed by atoms with Gasteiger partial charge in [0.15, 0.2) is 11.5 Å². The van der Waals surface area contributed by atoms with Crippen LogP contribution in [0.1, 0.15) is 39.2 Å². The molecule has 3 aliphatic rings. The molecule has 9 heteroatoms. The lowest BCUT2D eigenvalue weighted by Crippen LogP contribution is -2.50. The Hall–Kier alpha value is -2.52. The normalized spacial score (nSPS) is 25.5. The Kier molecular flexibility index (Phi) is 6.24. The first-order valence-corrected chi connectivity index (χ1v) is 11.4. The minimum Gasteiger partial charge on any atom is -0.454 e. The van der Waals surface area contributed by atoms with Gasteiger partial charge in [-0.25, -0.2) is 0 Å². The first-order chi connectivity index (χ1) is 14.8. The number of carbonyl (C=O) groups excluding carboxylic acids is 3. The number of carbonyl (C=O) groups is 3. The Morgan fingerprint density at radius 3 is 2.68 bits per heavy atom. The molecule has 3 amide bonds. The molecule has 4 rings (SSSR count). The SMILES string of the molecule is C[C@@H]1CC[C@H](C)N1[C@H](C)C(=O)NCCN1C(=O)S/C(=C\c2ccc3c(c2)OCO3)C1=O. The molecule has 0 radical (unpaired) electrons. The summed E-state index contributed by atoms with van der Waals surface area (Å²) in [6.07, 6.45) is 3.85. The van der Waals surface area contributed by atoms with Crippen molar-refractivity contribution in [2.45, 2.75) is 51.7 Å². The standard InChI is InChI=1S/C22H27N3O5S/c1-13-4-5-14(2)25(13)15(3)20(26)23-8-9-24-21(27)19(31-22(24)28)11-16-6-7-17-18(10-16)30-12-29-17/h6-7,10-11,13-15H,4-5,8-9,12H2,1-3H3,(H,23,26)/b19-11-/t13-,14+,15-/m1/s1. The third kappa shape index (κ3) is 4.43. The molecule has 1 aromatic carbocycles. The Morgan fingerprint density at radius 1 is 1.23 bits per heavy atom. The second kappa shape index (κ2) is 8.92. The number of fused-ring (bicyclic) bond motifs is 1. The van der Waals surface area contributed by atoms with Crippen LogP contribution in [0.25, 0.3) is 6.08 Å². The highest BCUT2D eigenvalue weighted by molar-refractivity contribution is 8.18. The molecular weight excluding hydrogens is 418 g/mol. The van der Waals surface area contributed by atoms with Crippen molar-refractivity contribution in [2.75, 3.05) is 19.9 Å². The van der Waals surface area contributed by atoms with E-state index in [1.54, 1.807) is 18.2 Å². The number of rotatable bonds is 6. The maximum absolute atomic E-state index is 12.7. The third-order valence-corrected chi connectivity index (χ3v) is 6.96. The predicted octanol–water partition coefficient (Wildman–Crippen LogP) is 2.83. The molecule has 8 nitrogen and oxygen atoms in total. The van der Waals surface area contributed by atoms with Crippen molar-refractivity contribution in [1.29, 1.82) is 0 Å². The average Bonchev–Trinajstić information content (AvgIpc) is 3.41. The van der Waals surface area contributed by atoms with E-state index >= 15 is 0 Å². The molecule has 0 aliphatic carbocycles. The van der Waals surface area contributed by atoms with E-state index in [9.17, 15) is 14.4 Å². The lowest BCUT2D eigenvalue weighted by atomic mass is 10.2. The van der Waals surface area contributed by atoms with Crippen molar-refractivity contribution in [3.8, 4) is 11.5 Å². The van der Waals surface area contributed by atoms with Crippen LogP contribution in [0.15, 0.2) is 23.1 Å². The molecule has 2 saturated heterocycles. The molecule has 3 heterocycles. The van der Waals surface area contributed by atoms with E-state index in [4.69, 9.17) is 9.47 Å². The largest absolute Gasteiger partial charge is 0.454 e. The quantitative estimate of drug-likeness (QED) is 0.674. The average molecular weight is 446 g/mol. The summed E-state index contributed by atoms with van der Waals surface area (Å²) in [5, 5.41) is 2.54. The van der Waals surface area contributed by atoms with Gasteiger partial charge in [-0.15, -0.1) is 0 Å². The molecule has 3 atom stereocenters. The van der Waals surface area contributed by atoms with Crippen molar-refractivity contribution in [3.05, 3.63) is 28.7 Å². The molecule has 1 aromatic rings. The number of thioether (sulfide) groups is 1. The van der Waals surface area contributed by atoms with E-state index < -0.39 is 0 Å². The maximum atomic E-state index is 12.7. The van der Waals surface area contributed by atoms with Crippen molar-refractivity contribution in [3.63, 3.8) is 0 Å². The lowest BCUT2D eigenvalue weighted by molar-refractivity contribution is -0.127. The van der Waals surface area contributed by atoms with Gasteiger partial charge < -0.3 is 14.8 Å². The second-order valence-electron chi connectivity index (χ2n) is 8.14. The number of benzene rings is 1. The number of hydrogen-bond acceptors (Lipinski definition) is 7. The first kappa shape index (κ1) is 21.7. The summed E-state index contributed by atoms with van der Waals surface area (Å²) in [6, 6.07) is 5.86. The zero-order valence-corrected chi connectivity index (χ0v) is 18.7.